The molecular weight excluding hydrogens is 222 g/mol. The van der Waals surface area contributed by atoms with Gasteiger partial charge in [0, 0.05) is 19.3 Å². The Balaban J connectivity index is 1.87. The van der Waals surface area contributed by atoms with Crippen LogP contribution >= 0.6 is 0 Å². The molecule has 0 bridgehead atoms. The van der Waals surface area contributed by atoms with Crippen LogP contribution < -0.4 is 5.73 Å². The molecule has 0 aliphatic carbocycles. The van der Waals surface area contributed by atoms with Crippen LogP contribution in [0.25, 0.3) is 11.4 Å². The first-order valence-corrected chi connectivity index (χ1v) is 5.40. The van der Waals surface area contributed by atoms with Gasteiger partial charge < -0.3 is 15.0 Å². The van der Waals surface area contributed by atoms with E-state index in [-0.39, 0.29) is 12.0 Å². The molecule has 2 aromatic rings. The summed E-state index contributed by atoms with van der Waals surface area (Å²) in [5.74, 6) is 1.06. The van der Waals surface area contributed by atoms with E-state index in [1.54, 1.807) is 10.9 Å². The number of rotatable bonds is 2. The molecule has 1 aliphatic heterocycles. The fraction of sp³-hybridized carbons (Fsp3) is 0.500. The summed E-state index contributed by atoms with van der Waals surface area (Å²) >= 11 is 0. The van der Waals surface area contributed by atoms with Crippen LogP contribution in [0.5, 0.6) is 0 Å². The van der Waals surface area contributed by atoms with Gasteiger partial charge in [-0.1, -0.05) is 5.16 Å². The Morgan fingerprint density at radius 1 is 1.47 bits per heavy atom. The molecule has 0 radical (unpaired) electrons. The van der Waals surface area contributed by atoms with E-state index in [2.05, 4.69) is 15.2 Å². The predicted octanol–water partition coefficient (Wildman–Crippen LogP) is -0.0888. The maximum atomic E-state index is 5.89. The van der Waals surface area contributed by atoms with E-state index in [0.717, 1.165) is 5.56 Å². The normalized spacial score (nSPS) is 24.4. The molecular formula is C10H13N5O2. The molecule has 0 aromatic carbocycles. The van der Waals surface area contributed by atoms with Gasteiger partial charge in [0.1, 0.15) is 0 Å². The summed E-state index contributed by atoms with van der Waals surface area (Å²) in [6, 6.07) is -0.0720. The molecule has 7 heteroatoms. The van der Waals surface area contributed by atoms with Crippen LogP contribution in [-0.4, -0.2) is 39.2 Å². The average molecular weight is 235 g/mol. The van der Waals surface area contributed by atoms with Crippen LogP contribution in [0.1, 0.15) is 11.8 Å². The SMILES string of the molecule is Cn1cc(-c2noc(C3COCC3N)n2)cn1. The van der Waals surface area contributed by atoms with Gasteiger partial charge in [-0.3, -0.25) is 4.68 Å². The highest BCUT2D eigenvalue weighted by Gasteiger charge is 2.31. The van der Waals surface area contributed by atoms with Gasteiger partial charge in [0.2, 0.25) is 11.7 Å². The molecule has 3 heterocycles. The number of hydrogen-bond acceptors (Lipinski definition) is 6. The van der Waals surface area contributed by atoms with Crippen molar-refractivity contribution in [1.29, 1.82) is 0 Å². The zero-order valence-corrected chi connectivity index (χ0v) is 9.41. The molecule has 1 aliphatic rings. The molecule has 1 saturated heterocycles. The third kappa shape index (κ3) is 1.83. The molecule has 0 amide bonds. The van der Waals surface area contributed by atoms with E-state index in [9.17, 15) is 0 Å². The van der Waals surface area contributed by atoms with Crippen LogP contribution in [-0.2, 0) is 11.8 Å². The minimum Gasteiger partial charge on any atom is -0.379 e. The van der Waals surface area contributed by atoms with E-state index in [4.69, 9.17) is 15.0 Å². The number of hydrogen-bond donors (Lipinski definition) is 1. The number of nitrogens with two attached hydrogens (primary N) is 1. The molecule has 2 atom stereocenters. The average Bonchev–Trinajstić information content (AvgIpc) is 2.97. The van der Waals surface area contributed by atoms with Crippen LogP contribution in [0.2, 0.25) is 0 Å². The third-order valence-electron chi connectivity index (χ3n) is 2.85. The first kappa shape index (κ1) is 10.4. The van der Waals surface area contributed by atoms with Crippen molar-refractivity contribution in [3.8, 4) is 11.4 Å². The topological polar surface area (TPSA) is 92.0 Å². The van der Waals surface area contributed by atoms with Crippen molar-refractivity contribution in [2.24, 2.45) is 12.8 Å². The highest BCUT2D eigenvalue weighted by Crippen LogP contribution is 2.25. The molecule has 90 valence electrons. The van der Waals surface area contributed by atoms with Gasteiger partial charge in [0.05, 0.1) is 30.9 Å². The number of ether oxygens (including phenoxy) is 1. The Morgan fingerprint density at radius 3 is 3.00 bits per heavy atom. The Labute approximate surface area is 97.6 Å². The molecule has 0 spiro atoms. The maximum absolute atomic E-state index is 5.89. The highest BCUT2D eigenvalue weighted by atomic mass is 16.5. The summed E-state index contributed by atoms with van der Waals surface area (Å²) < 4.78 is 12.2. The molecule has 1 fully saturated rings. The molecule has 0 saturated carbocycles. The van der Waals surface area contributed by atoms with E-state index in [1.165, 1.54) is 0 Å². The predicted molar refractivity (Wildman–Crippen MR) is 58.0 cm³/mol. The summed E-state index contributed by atoms with van der Waals surface area (Å²) in [5.41, 5.74) is 6.72. The third-order valence-corrected chi connectivity index (χ3v) is 2.85. The molecule has 3 rings (SSSR count). The van der Waals surface area contributed by atoms with Gasteiger partial charge in [-0.15, -0.1) is 0 Å². The van der Waals surface area contributed by atoms with Crippen molar-refractivity contribution in [3.05, 3.63) is 18.3 Å². The molecule has 2 aromatic heterocycles. The second kappa shape index (κ2) is 3.94. The smallest absolute Gasteiger partial charge is 0.234 e. The van der Waals surface area contributed by atoms with Gasteiger partial charge in [-0.2, -0.15) is 10.1 Å². The Bertz CT molecular complexity index is 520. The van der Waals surface area contributed by atoms with Crippen LogP contribution in [0.15, 0.2) is 16.9 Å². The van der Waals surface area contributed by atoms with Gasteiger partial charge >= 0.3 is 0 Å². The lowest BCUT2D eigenvalue weighted by Gasteiger charge is -2.05. The van der Waals surface area contributed by atoms with Crippen molar-refractivity contribution in [2.45, 2.75) is 12.0 Å². The van der Waals surface area contributed by atoms with Gasteiger partial charge in [-0.05, 0) is 0 Å². The number of nitrogens with zero attached hydrogens (tertiary/aromatic N) is 4. The fourth-order valence-electron chi connectivity index (χ4n) is 1.87. The van der Waals surface area contributed by atoms with Crippen molar-refractivity contribution >= 4 is 0 Å². The van der Waals surface area contributed by atoms with E-state index in [1.807, 2.05) is 13.2 Å². The van der Waals surface area contributed by atoms with Gasteiger partial charge in [0.15, 0.2) is 0 Å². The van der Waals surface area contributed by atoms with Crippen molar-refractivity contribution in [3.63, 3.8) is 0 Å². The van der Waals surface area contributed by atoms with Gasteiger partial charge in [-0.25, -0.2) is 0 Å². The van der Waals surface area contributed by atoms with E-state index in [0.29, 0.717) is 24.9 Å². The zero-order valence-electron chi connectivity index (χ0n) is 9.41. The zero-order chi connectivity index (χ0) is 11.8. The lowest BCUT2D eigenvalue weighted by Crippen LogP contribution is -2.26. The largest absolute Gasteiger partial charge is 0.379 e. The van der Waals surface area contributed by atoms with Crippen LogP contribution in [0, 0.1) is 0 Å². The van der Waals surface area contributed by atoms with Crippen molar-refractivity contribution in [1.82, 2.24) is 19.9 Å². The fourth-order valence-corrected chi connectivity index (χ4v) is 1.87. The van der Waals surface area contributed by atoms with Crippen LogP contribution in [0.4, 0.5) is 0 Å². The molecule has 2 unspecified atom stereocenters. The highest BCUT2D eigenvalue weighted by molar-refractivity contribution is 5.51. The Kier molecular flexibility index (Phi) is 2.41. The lowest BCUT2D eigenvalue weighted by atomic mass is 10.1. The minimum absolute atomic E-state index is 0.00655. The molecule has 7 nitrogen and oxygen atoms in total. The number of aryl methyl sites for hydroxylation is 1. The van der Waals surface area contributed by atoms with Crippen LogP contribution in [0.3, 0.4) is 0 Å². The summed E-state index contributed by atoms with van der Waals surface area (Å²) in [4.78, 5) is 4.34. The van der Waals surface area contributed by atoms with Crippen molar-refractivity contribution in [2.75, 3.05) is 13.2 Å². The van der Waals surface area contributed by atoms with E-state index < -0.39 is 0 Å². The minimum atomic E-state index is -0.0720. The monoisotopic (exact) mass is 235 g/mol. The summed E-state index contributed by atoms with van der Waals surface area (Å²) in [6.07, 6.45) is 3.53. The van der Waals surface area contributed by atoms with E-state index >= 15 is 0 Å². The summed E-state index contributed by atoms with van der Waals surface area (Å²) in [5, 5.41) is 7.99. The lowest BCUT2D eigenvalue weighted by molar-refractivity contribution is 0.187. The summed E-state index contributed by atoms with van der Waals surface area (Å²) in [6.45, 7) is 1.07. The Hall–Kier alpha value is -1.73. The maximum Gasteiger partial charge on any atom is 0.234 e. The first-order valence-electron chi connectivity index (χ1n) is 5.40. The van der Waals surface area contributed by atoms with Gasteiger partial charge in [0.25, 0.3) is 0 Å². The molecule has 2 N–H and O–H groups in total. The second-order valence-corrected chi connectivity index (χ2v) is 4.17. The number of aromatic nitrogens is 4. The van der Waals surface area contributed by atoms with Crippen molar-refractivity contribution < 1.29 is 9.26 Å². The first-order chi connectivity index (χ1) is 8.24. The standard InChI is InChI=1S/C10H13N5O2/c1-15-3-6(2-12-15)9-13-10(17-14-9)7-4-16-5-8(7)11/h2-3,7-8H,4-5,11H2,1H3. The second-order valence-electron chi connectivity index (χ2n) is 4.17. The quantitative estimate of drug-likeness (QED) is 0.782. The Morgan fingerprint density at radius 2 is 2.35 bits per heavy atom. The molecule has 17 heavy (non-hydrogen) atoms. The summed E-state index contributed by atoms with van der Waals surface area (Å²) in [7, 11) is 1.84.